The van der Waals surface area contributed by atoms with Crippen molar-refractivity contribution in [3.8, 4) is 0 Å². The number of nitrogens with one attached hydrogen (secondary N) is 1. The molecule has 0 heterocycles. The van der Waals surface area contributed by atoms with Crippen molar-refractivity contribution in [2.24, 2.45) is 0 Å². The molecule has 1 aromatic carbocycles. The van der Waals surface area contributed by atoms with Gasteiger partial charge in [-0.2, -0.15) is 0 Å². The molecule has 0 aliphatic heterocycles. The summed E-state index contributed by atoms with van der Waals surface area (Å²) in [5.74, 6) is 0.359. The fourth-order valence-corrected chi connectivity index (χ4v) is 3.03. The molecule has 0 aromatic heterocycles. The molecule has 0 fully saturated rings. The van der Waals surface area contributed by atoms with Gasteiger partial charge < -0.3 is 10.2 Å². The van der Waals surface area contributed by atoms with Crippen LogP contribution >= 0.6 is 0 Å². The first-order chi connectivity index (χ1) is 8.84. The summed E-state index contributed by atoms with van der Waals surface area (Å²) in [4.78, 5) is 2.09. The zero-order chi connectivity index (χ0) is 14.5. The number of nitrogens with zero attached hydrogens (tertiary/aromatic N) is 1. The van der Waals surface area contributed by atoms with Crippen LogP contribution in [0.5, 0.6) is 0 Å². The van der Waals surface area contributed by atoms with Crippen LogP contribution in [0.2, 0.25) is 0 Å². The Labute approximate surface area is 116 Å². The minimum Gasteiger partial charge on any atom is -0.381 e. The van der Waals surface area contributed by atoms with Crippen LogP contribution in [0.4, 0.5) is 5.69 Å². The third kappa shape index (κ3) is 5.61. The van der Waals surface area contributed by atoms with E-state index in [1.807, 2.05) is 39.2 Å². The van der Waals surface area contributed by atoms with Gasteiger partial charge >= 0.3 is 0 Å². The van der Waals surface area contributed by atoms with Crippen LogP contribution in [0.3, 0.4) is 0 Å². The minimum absolute atomic E-state index is 0.0896. The SMILES string of the molecule is CCS(=O)(=O)CC(C)Nc1ccccc1CN(C)C. The summed E-state index contributed by atoms with van der Waals surface area (Å²) in [6.45, 7) is 4.41. The van der Waals surface area contributed by atoms with E-state index in [-0.39, 0.29) is 17.5 Å². The van der Waals surface area contributed by atoms with Crippen LogP contribution in [0.15, 0.2) is 24.3 Å². The lowest BCUT2D eigenvalue weighted by atomic mass is 10.1. The van der Waals surface area contributed by atoms with E-state index in [0.29, 0.717) is 0 Å². The van der Waals surface area contributed by atoms with E-state index in [9.17, 15) is 8.42 Å². The van der Waals surface area contributed by atoms with Gasteiger partial charge in [0, 0.05) is 24.0 Å². The smallest absolute Gasteiger partial charge is 0.152 e. The van der Waals surface area contributed by atoms with Gasteiger partial charge in [-0.25, -0.2) is 8.42 Å². The molecule has 0 saturated carbocycles. The summed E-state index contributed by atoms with van der Waals surface area (Å²) < 4.78 is 23.2. The molecule has 0 saturated heterocycles. The third-order valence-electron chi connectivity index (χ3n) is 2.85. The maximum atomic E-state index is 11.6. The summed E-state index contributed by atoms with van der Waals surface area (Å²) >= 11 is 0. The second-order valence-corrected chi connectivity index (χ2v) is 7.54. The van der Waals surface area contributed by atoms with E-state index in [1.54, 1.807) is 6.92 Å². The largest absolute Gasteiger partial charge is 0.381 e. The molecule has 0 aliphatic carbocycles. The van der Waals surface area contributed by atoms with Gasteiger partial charge in [-0.15, -0.1) is 0 Å². The normalized spacial score (nSPS) is 13.5. The van der Waals surface area contributed by atoms with Gasteiger partial charge in [0.2, 0.25) is 0 Å². The van der Waals surface area contributed by atoms with Crippen molar-refractivity contribution in [1.29, 1.82) is 0 Å². The molecule has 108 valence electrons. The number of benzene rings is 1. The summed E-state index contributed by atoms with van der Waals surface area (Å²) in [6, 6.07) is 7.92. The molecule has 1 aromatic rings. The lowest BCUT2D eigenvalue weighted by Crippen LogP contribution is -2.27. The second-order valence-electron chi connectivity index (χ2n) is 5.14. The number of hydrogen-bond acceptors (Lipinski definition) is 4. The highest BCUT2D eigenvalue weighted by Crippen LogP contribution is 2.17. The van der Waals surface area contributed by atoms with Crippen molar-refractivity contribution in [3.63, 3.8) is 0 Å². The average molecular weight is 284 g/mol. The molecule has 5 heteroatoms. The number of anilines is 1. The van der Waals surface area contributed by atoms with E-state index >= 15 is 0 Å². The first-order valence-electron chi connectivity index (χ1n) is 6.53. The van der Waals surface area contributed by atoms with Gasteiger partial charge in [-0.3, -0.25) is 0 Å². The zero-order valence-corrected chi connectivity index (χ0v) is 13.0. The topological polar surface area (TPSA) is 49.4 Å². The summed E-state index contributed by atoms with van der Waals surface area (Å²) in [5.41, 5.74) is 2.18. The Morgan fingerprint density at radius 3 is 2.47 bits per heavy atom. The fraction of sp³-hybridized carbons (Fsp3) is 0.571. The second kappa shape index (κ2) is 6.91. The zero-order valence-electron chi connectivity index (χ0n) is 12.2. The van der Waals surface area contributed by atoms with Gasteiger partial charge in [0.1, 0.15) is 0 Å². The van der Waals surface area contributed by atoms with Crippen LogP contribution < -0.4 is 5.32 Å². The molecule has 0 spiro atoms. The van der Waals surface area contributed by atoms with E-state index < -0.39 is 9.84 Å². The van der Waals surface area contributed by atoms with E-state index in [1.165, 1.54) is 5.56 Å². The van der Waals surface area contributed by atoms with Crippen molar-refractivity contribution in [1.82, 2.24) is 4.90 Å². The predicted molar refractivity (Wildman–Crippen MR) is 81.2 cm³/mol. The third-order valence-corrected chi connectivity index (χ3v) is 4.74. The van der Waals surface area contributed by atoms with Gasteiger partial charge in [0.15, 0.2) is 9.84 Å². The van der Waals surface area contributed by atoms with Crippen LogP contribution in [-0.2, 0) is 16.4 Å². The molecule has 4 nitrogen and oxygen atoms in total. The Balaban J connectivity index is 2.76. The molecule has 0 amide bonds. The predicted octanol–water partition coefficient (Wildman–Crippen LogP) is 1.98. The highest BCUT2D eigenvalue weighted by molar-refractivity contribution is 7.91. The van der Waals surface area contributed by atoms with Crippen molar-refractivity contribution in [2.75, 3.05) is 30.9 Å². The molecule has 0 bridgehead atoms. The van der Waals surface area contributed by atoms with Crippen molar-refractivity contribution < 1.29 is 8.42 Å². The average Bonchev–Trinajstić information content (AvgIpc) is 2.30. The quantitative estimate of drug-likeness (QED) is 0.832. The number of sulfone groups is 1. The van der Waals surface area contributed by atoms with E-state index in [0.717, 1.165) is 12.2 Å². The fourth-order valence-electron chi connectivity index (χ4n) is 1.95. The van der Waals surface area contributed by atoms with Gasteiger partial charge in [-0.1, -0.05) is 25.1 Å². The number of hydrogen-bond donors (Lipinski definition) is 1. The molecular formula is C14H24N2O2S. The summed E-state index contributed by atoms with van der Waals surface area (Å²) in [5, 5.41) is 3.30. The Hall–Kier alpha value is -1.07. The highest BCUT2D eigenvalue weighted by atomic mass is 32.2. The summed E-state index contributed by atoms with van der Waals surface area (Å²) in [7, 11) is 1.08. The Morgan fingerprint density at radius 2 is 1.89 bits per heavy atom. The Kier molecular flexibility index (Phi) is 5.82. The van der Waals surface area contributed by atoms with Crippen molar-refractivity contribution in [3.05, 3.63) is 29.8 Å². The van der Waals surface area contributed by atoms with Crippen LogP contribution in [0.1, 0.15) is 19.4 Å². The Morgan fingerprint density at radius 1 is 1.26 bits per heavy atom. The lowest BCUT2D eigenvalue weighted by Gasteiger charge is -2.19. The van der Waals surface area contributed by atoms with E-state index in [2.05, 4.69) is 16.3 Å². The lowest BCUT2D eigenvalue weighted by molar-refractivity contribution is 0.403. The minimum atomic E-state index is -2.95. The molecule has 1 N–H and O–H groups in total. The molecule has 1 atom stereocenters. The first-order valence-corrected chi connectivity index (χ1v) is 8.35. The van der Waals surface area contributed by atoms with Gasteiger partial charge in [0.25, 0.3) is 0 Å². The van der Waals surface area contributed by atoms with Crippen LogP contribution in [0.25, 0.3) is 0 Å². The summed E-state index contributed by atoms with van der Waals surface area (Å²) in [6.07, 6.45) is 0. The van der Waals surface area contributed by atoms with Crippen molar-refractivity contribution >= 4 is 15.5 Å². The monoisotopic (exact) mass is 284 g/mol. The molecule has 19 heavy (non-hydrogen) atoms. The molecule has 1 unspecified atom stereocenters. The first kappa shape index (κ1) is 16.0. The maximum Gasteiger partial charge on any atom is 0.152 e. The van der Waals surface area contributed by atoms with Gasteiger partial charge in [-0.05, 0) is 32.6 Å². The number of para-hydroxylation sites is 1. The molecule has 0 radical (unpaired) electrons. The Bertz CT molecular complexity index is 498. The standard InChI is InChI=1S/C14H24N2O2S/c1-5-19(17,18)11-12(2)15-14-9-7-6-8-13(14)10-16(3)4/h6-9,12,15H,5,10-11H2,1-4H3. The molecule has 0 aliphatic rings. The van der Waals surface area contributed by atoms with Crippen molar-refractivity contribution in [2.45, 2.75) is 26.4 Å². The molecule has 1 rings (SSSR count). The molecular weight excluding hydrogens is 260 g/mol. The van der Waals surface area contributed by atoms with Crippen LogP contribution in [0, 0.1) is 0 Å². The van der Waals surface area contributed by atoms with Crippen LogP contribution in [-0.4, -0.2) is 45.0 Å². The van der Waals surface area contributed by atoms with E-state index in [4.69, 9.17) is 0 Å². The highest BCUT2D eigenvalue weighted by Gasteiger charge is 2.14. The number of rotatable bonds is 7. The maximum absolute atomic E-state index is 11.6. The van der Waals surface area contributed by atoms with Gasteiger partial charge in [0.05, 0.1) is 5.75 Å².